The molecule has 1 unspecified atom stereocenters. The van der Waals surface area contributed by atoms with E-state index < -0.39 is 68.0 Å². The second kappa shape index (κ2) is 9.43. The highest BCUT2D eigenvalue weighted by molar-refractivity contribution is 7.92. The summed E-state index contributed by atoms with van der Waals surface area (Å²) in [6, 6.07) is 4.38. The van der Waals surface area contributed by atoms with Gasteiger partial charge in [0.25, 0.3) is 0 Å². The van der Waals surface area contributed by atoms with Crippen molar-refractivity contribution in [2.24, 2.45) is 5.92 Å². The van der Waals surface area contributed by atoms with E-state index in [9.17, 15) is 53.4 Å². The molecule has 0 aromatic heterocycles. The smallest absolute Gasteiger partial charge is 0.384 e. The number of fused-ring (bicyclic) bond motifs is 3. The van der Waals surface area contributed by atoms with Gasteiger partial charge in [0.15, 0.2) is 9.84 Å². The number of amides is 1. The first-order chi connectivity index (χ1) is 17.9. The Balaban J connectivity index is 1.93. The number of hydrogen-bond acceptors (Lipinski definition) is 4. The van der Waals surface area contributed by atoms with Crippen molar-refractivity contribution >= 4 is 15.7 Å². The third-order valence-electron chi connectivity index (χ3n) is 7.69. The average Bonchev–Trinajstić information content (AvgIpc) is 3.22. The lowest BCUT2D eigenvalue weighted by Crippen LogP contribution is -2.51. The zero-order valence-electron chi connectivity index (χ0n) is 20.2. The van der Waals surface area contributed by atoms with E-state index in [1.54, 1.807) is 0 Å². The van der Waals surface area contributed by atoms with Gasteiger partial charge in [-0.3, -0.25) is 4.79 Å². The number of aryl methyl sites for hydroxylation is 1. The number of aliphatic hydroxyl groups excluding tert-OH is 1. The van der Waals surface area contributed by atoms with Crippen molar-refractivity contribution in [2.75, 3.05) is 0 Å². The van der Waals surface area contributed by atoms with Crippen molar-refractivity contribution < 1.29 is 53.4 Å². The molecule has 1 fully saturated rings. The van der Waals surface area contributed by atoms with E-state index in [0.717, 1.165) is 30.3 Å². The lowest BCUT2D eigenvalue weighted by atomic mass is 9.74. The fourth-order valence-corrected chi connectivity index (χ4v) is 8.33. The van der Waals surface area contributed by atoms with Gasteiger partial charge >= 0.3 is 18.0 Å². The van der Waals surface area contributed by atoms with Gasteiger partial charge in [0.1, 0.15) is 16.7 Å². The van der Waals surface area contributed by atoms with Crippen LogP contribution in [0.15, 0.2) is 47.4 Å². The molecule has 2 N–H and O–H groups in total. The summed E-state index contributed by atoms with van der Waals surface area (Å²) in [5.41, 5.74) is -7.76. The number of nitrogens with one attached hydrogen (secondary N) is 1. The number of alkyl halides is 7. The molecule has 0 aliphatic heterocycles. The number of sulfone groups is 1. The normalized spacial score (nSPS) is 24.6. The van der Waals surface area contributed by atoms with Gasteiger partial charge in [0, 0.05) is 17.5 Å². The van der Waals surface area contributed by atoms with Crippen molar-refractivity contribution in [1.82, 2.24) is 5.32 Å². The Labute approximate surface area is 218 Å². The Morgan fingerprint density at radius 1 is 1.00 bits per heavy atom. The first-order valence-electron chi connectivity index (χ1n) is 11.8. The van der Waals surface area contributed by atoms with E-state index in [2.05, 4.69) is 5.32 Å². The molecule has 4 atom stereocenters. The van der Waals surface area contributed by atoms with Gasteiger partial charge in [-0.1, -0.05) is 18.2 Å². The van der Waals surface area contributed by atoms with Crippen LogP contribution in [0.1, 0.15) is 42.9 Å². The molecule has 1 saturated carbocycles. The Morgan fingerprint density at radius 2 is 1.59 bits per heavy atom. The number of carbonyl (C=O) groups excluding carboxylic acids is 1. The Kier molecular flexibility index (Phi) is 7.07. The highest BCUT2D eigenvalue weighted by Crippen LogP contribution is 2.59. The molecule has 4 rings (SSSR count). The van der Waals surface area contributed by atoms with Gasteiger partial charge in [-0.05, 0) is 68.0 Å². The van der Waals surface area contributed by atoms with Crippen molar-refractivity contribution in [3.8, 4) is 0 Å². The van der Waals surface area contributed by atoms with Crippen LogP contribution in [-0.2, 0) is 31.5 Å². The summed E-state index contributed by atoms with van der Waals surface area (Å²) in [6.45, 7) is 1.19. The molecule has 14 heteroatoms. The molecule has 2 aromatic rings. The van der Waals surface area contributed by atoms with Gasteiger partial charge in [0.05, 0.1) is 4.90 Å². The molecule has 5 nitrogen and oxygen atoms in total. The molecule has 0 spiro atoms. The number of aliphatic hydroxyl groups is 1. The minimum Gasteiger partial charge on any atom is -0.384 e. The minimum absolute atomic E-state index is 0.0445. The van der Waals surface area contributed by atoms with Crippen molar-refractivity contribution in [3.63, 3.8) is 0 Å². The van der Waals surface area contributed by atoms with E-state index in [1.165, 1.54) is 6.92 Å². The first kappa shape index (κ1) is 29.2. The summed E-state index contributed by atoms with van der Waals surface area (Å²) < 4.78 is 135. The molecule has 0 radical (unpaired) electrons. The van der Waals surface area contributed by atoms with Crippen molar-refractivity contribution in [3.05, 3.63) is 65.0 Å². The van der Waals surface area contributed by atoms with E-state index >= 15 is 0 Å². The summed E-state index contributed by atoms with van der Waals surface area (Å²) in [5, 5.41) is 12.2. The Morgan fingerprint density at radius 3 is 2.13 bits per heavy atom. The third kappa shape index (κ3) is 4.39. The van der Waals surface area contributed by atoms with Crippen LogP contribution in [0.3, 0.4) is 0 Å². The number of rotatable bonds is 5. The number of carbonyl (C=O) groups is 1. The zero-order valence-corrected chi connectivity index (χ0v) is 21.0. The molecule has 2 aromatic carbocycles. The zero-order chi connectivity index (χ0) is 29.2. The minimum atomic E-state index is -6.35. The molecule has 0 bridgehead atoms. The Bertz CT molecular complexity index is 1360. The van der Waals surface area contributed by atoms with Gasteiger partial charge in [0.2, 0.25) is 5.91 Å². The largest absolute Gasteiger partial charge is 0.435 e. The third-order valence-corrected chi connectivity index (χ3v) is 10.3. The number of halogens is 8. The second-order valence-electron chi connectivity index (χ2n) is 9.85. The molecule has 0 saturated heterocycles. The number of benzene rings is 2. The fraction of sp³-hybridized carbons (Fsp3) is 0.480. The highest BCUT2D eigenvalue weighted by atomic mass is 32.2. The van der Waals surface area contributed by atoms with Crippen LogP contribution in [0.2, 0.25) is 0 Å². The van der Waals surface area contributed by atoms with Crippen molar-refractivity contribution in [2.45, 2.75) is 72.4 Å². The second-order valence-corrected chi connectivity index (χ2v) is 12.1. The summed E-state index contributed by atoms with van der Waals surface area (Å²) in [7, 11) is -4.50. The predicted molar refractivity (Wildman–Crippen MR) is 121 cm³/mol. The predicted octanol–water partition coefficient (Wildman–Crippen LogP) is 5.01. The quantitative estimate of drug-likeness (QED) is 0.382. The fourth-order valence-electron chi connectivity index (χ4n) is 5.86. The van der Waals surface area contributed by atoms with E-state index in [4.69, 9.17) is 0 Å². The van der Waals surface area contributed by atoms with E-state index in [0.29, 0.717) is 6.07 Å². The van der Waals surface area contributed by atoms with E-state index in [1.807, 2.05) is 0 Å². The van der Waals surface area contributed by atoms with Gasteiger partial charge < -0.3 is 10.4 Å². The maximum absolute atomic E-state index is 14.8. The summed E-state index contributed by atoms with van der Waals surface area (Å²) in [5.74, 6) is -2.45. The average molecular weight is 586 g/mol. The first-order valence-corrected chi connectivity index (χ1v) is 13.3. The molecule has 0 heterocycles. The molecule has 1 amide bonds. The van der Waals surface area contributed by atoms with Gasteiger partial charge in [-0.25, -0.2) is 17.2 Å². The van der Waals surface area contributed by atoms with Crippen LogP contribution in [-0.4, -0.2) is 43.9 Å². The lowest BCUT2D eigenvalue weighted by molar-refractivity contribution is -0.348. The SMILES string of the molecule is CC(O)C(=O)N[C@@H]1CC[C@@]2(S(=O)(=O)c3ccc(F)cc3)c3ccc(C(F)(C(F)(F)F)C(F)(F)F)cc3CC[C@@H]12. The monoisotopic (exact) mass is 585 g/mol. The van der Waals surface area contributed by atoms with Crippen LogP contribution < -0.4 is 5.32 Å². The molecule has 2 aliphatic carbocycles. The van der Waals surface area contributed by atoms with Crippen LogP contribution in [0.4, 0.5) is 35.1 Å². The molecule has 39 heavy (non-hydrogen) atoms. The van der Waals surface area contributed by atoms with Crippen LogP contribution in [0.25, 0.3) is 0 Å². The van der Waals surface area contributed by atoms with Crippen LogP contribution in [0, 0.1) is 11.7 Å². The number of hydrogen-bond donors (Lipinski definition) is 2. The van der Waals surface area contributed by atoms with Crippen LogP contribution in [0.5, 0.6) is 0 Å². The Hall–Kier alpha value is -2.74. The summed E-state index contributed by atoms with van der Waals surface area (Å²) in [6.07, 6.45) is -14.6. The maximum Gasteiger partial charge on any atom is 0.435 e. The summed E-state index contributed by atoms with van der Waals surface area (Å²) >= 11 is 0. The van der Waals surface area contributed by atoms with E-state index in [-0.39, 0.29) is 47.8 Å². The maximum atomic E-state index is 14.8. The van der Waals surface area contributed by atoms with Crippen LogP contribution >= 0.6 is 0 Å². The van der Waals surface area contributed by atoms with Gasteiger partial charge in [-0.2, -0.15) is 26.3 Å². The molecule has 2 aliphatic rings. The molecular weight excluding hydrogens is 562 g/mol. The molecular formula is C25H23F8NO4S. The van der Waals surface area contributed by atoms with Gasteiger partial charge in [-0.15, -0.1) is 0 Å². The highest BCUT2D eigenvalue weighted by Gasteiger charge is 2.73. The summed E-state index contributed by atoms with van der Waals surface area (Å²) in [4.78, 5) is 11.9. The topological polar surface area (TPSA) is 83.5 Å². The van der Waals surface area contributed by atoms with Crippen molar-refractivity contribution in [1.29, 1.82) is 0 Å². The lowest BCUT2D eigenvalue weighted by Gasteiger charge is -2.43. The molecule has 214 valence electrons. The standard InChI is InChI=1S/C25H23F8NO4S/c1-13(35)21(36)34-20-10-11-22(39(37,38)17-6-4-16(26)5-7-17)18-9-3-15(12-14(18)2-8-19(20)22)23(27,24(28,29)30)25(31,32)33/h3-7,9,12-13,19-20,35H,2,8,10-11H2,1H3,(H,34,36)/t13?,19-,20+,22+/m0/s1.